The summed E-state index contributed by atoms with van der Waals surface area (Å²) in [7, 11) is 3.97. The van der Waals surface area contributed by atoms with E-state index in [1.807, 2.05) is 58.4 Å². The van der Waals surface area contributed by atoms with Crippen molar-refractivity contribution in [3.8, 4) is 17.1 Å². The first-order valence-corrected chi connectivity index (χ1v) is 13.4. The maximum absolute atomic E-state index is 13.2. The fraction of sp³-hybridized carbons (Fsp3) is 0.429. The number of ether oxygens (including phenoxy) is 1. The Morgan fingerprint density at radius 3 is 2.85 bits per heavy atom. The Hall–Kier alpha value is -3.96. The van der Waals surface area contributed by atoms with Gasteiger partial charge in [-0.15, -0.1) is 5.10 Å². The fourth-order valence-corrected chi connectivity index (χ4v) is 4.98. The van der Waals surface area contributed by atoms with Gasteiger partial charge in [0.25, 0.3) is 5.88 Å². The van der Waals surface area contributed by atoms with Crippen LogP contribution in [0.15, 0.2) is 36.8 Å². The van der Waals surface area contributed by atoms with Crippen LogP contribution in [0.5, 0.6) is 5.88 Å². The molecule has 39 heavy (non-hydrogen) atoms. The van der Waals surface area contributed by atoms with Gasteiger partial charge in [0.15, 0.2) is 0 Å². The topological polar surface area (TPSA) is 116 Å². The molecule has 1 unspecified atom stereocenters. The molecular weight excluding hydrogens is 494 g/mol. The molecule has 5 rings (SSSR count). The Morgan fingerprint density at radius 1 is 1.26 bits per heavy atom. The summed E-state index contributed by atoms with van der Waals surface area (Å²) in [6.45, 7) is 11.3. The molecule has 1 aromatic carbocycles. The van der Waals surface area contributed by atoms with Gasteiger partial charge in [-0.05, 0) is 46.4 Å². The number of para-hydroxylation sites is 1. The van der Waals surface area contributed by atoms with Gasteiger partial charge < -0.3 is 25.3 Å². The molecule has 1 fully saturated rings. The predicted octanol–water partition coefficient (Wildman–Crippen LogP) is 3.77. The van der Waals surface area contributed by atoms with Crippen LogP contribution in [0, 0.1) is 6.92 Å². The van der Waals surface area contributed by atoms with Gasteiger partial charge in [0, 0.05) is 56.1 Å². The molecule has 1 amide bonds. The number of likely N-dealkylation sites (N-methyl/N-ethyl adjacent to an activating group) is 1. The second kappa shape index (κ2) is 11.0. The molecule has 1 aliphatic rings. The molecular formula is C28H37N9O2. The van der Waals surface area contributed by atoms with E-state index in [1.54, 1.807) is 10.9 Å². The van der Waals surface area contributed by atoms with Gasteiger partial charge in [-0.2, -0.15) is 0 Å². The summed E-state index contributed by atoms with van der Waals surface area (Å²) < 4.78 is 7.31. The predicted molar refractivity (Wildman–Crippen MR) is 153 cm³/mol. The minimum atomic E-state index is -0.224. The van der Waals surface area contributed by atoms with E-state index in [0.29, 0.717) is 30.2 Å². The molecule has 206 valence electrons. The zero-order valence-corrected chi connectivity index (χ0v) is 23.4. The molecule has 0 aliphatic carbocycles. The second-order valence-corrected chi connectivity index (χ2v) is 10.2. The number of fused-ring (bicyclic) bond motifs is 1. The van der Waals surface area contributed by atoms with E-state index in [4.69, 9.17) is 9.72 Å². The third kappa shape index (κ3) is 5.45. The number of aryl methyl sites for hydroxylation is 2. The molecule has 0 spiro atoms. The molecule has 3 aromatic heterocycles. The highest BCUT2D eigenvalue weighted by molar-refractivity contribution is 6.06. The lowest BCUT2D eigenvalue weighted by Gasteiger charge is -2.40. The van der Waals surface area contributed by atoms with Crippen molar-refractivity contribution in [1.29, 1.82) is 0 Å². The maximum atomic E-state index is 13.2. The first kappa shape index (κ1) is 26.6. The van der Waals surface area contributed by atoms with Crippen molar-refractivity contribution in [2.24, 2.45) is 7.05 Å². The number of carbonyl (C=O) groups is 1. The SMILES string of the molecule is CCOc1nn(C)cc1Nc1ncc(C)c(-c2c[nH]c3c(NC(=O)C(C)N4CCN(C)[C@H](C)C4)cccc23)n1. The van der Waals surface area contributed by atoms with E-state index in [-0.39, 0.29) is 11.9 Å². The lowest BCUT2D eigenvalue weighted by Crippen LogP contribution is -2.55. The zero-order chi connectivity index (χ0) is 27.7. The minimum Gasteiger partial charge on any atom is -0.475 e. The third-order valence-corrected chi connectivity index (χ3v) is 7.44. The highest BCUT2D eigenvalue weighted by Crippen LogP contribution is 2.34. The van der Waals surface area contributed by atoms with Crippen LogP contribution in [0.25, 0.3) is 22.2 Å². The number of piperazine rings is 1. The normalized spacial score (nSPS) is 17.3. The quantitative estimate of drug-likeness (QED) is 0.315. The Balaban J connectivity index is 1.39. The van der Waals surface area contributed by atoms with Crippen LogP contribution < -0.4 is 15.4 Å². The van der Waals surface area contributed by atoms with E-state index in [2.05, 4.69) is 49.5 Å². The summed E-state index contributed by atoms with van der Waals surface area (Å²) >= 11 is 0. The monoisotopic (exact) mass is 531 g/mol. The Bertz CT molecular complexity index is 1480. The summed E-state index contributed by atoms with van der Waals surface area (Å²) in [6, 6.07) is 6.11. The molecule has 2 atom stereocenters. The number of aromatic nitrogens is 5. The lowest BCUT2D eigenvalue weighted by atomic mass is 10.1. The standard InChI is InChI=1S/C28H37N9O2/c1-7-39-27-23(16-36(6)34-27)32-28-30-13-17(2)24(33-28)21-14-29-25-20(21)9-8-10-22(25)31-26(38)19(4)37-12-11-35(5)18(3)15-37/h8-10,13-14,16,18-19,29H,7,11-12,15H2,1-6H3,(H,31,38)(H,30,32,33)/t18-,19?/m1/s1. The fourth-order valence-electron chi connectivity index (χ4n) is 4.98. The molecule has 11 heteroatoms. The number of carbonyl (C=O) groups excluding carboxylic acids is 1. The molecule has 11 nitrogen and oxygen atoms in total. The van der Waals surface area contributed by atoms with Crippen LogP contribution in [0.3, 0.4) is 0 Å². The Kier molecular flexibility index (Phi) is 7.53. The van der Waals surface area contributed by atoms with Gasteiger partial charge in [-0.25, -0.2) is 9.97 Å². The van der Waals surface area contributed by atoms with Gasteiger partial charge in [0.1, 0.15) is 5.69 Å². The number of rotatable bonds is 8. The van der Waals surface area contributed by atoms with Crippen LogP contribution in [-0.4, -0.2) is 85.8 Å². The Labute approximate surface area is 228 Å². The van der Waals surface area contributed by atoms with Crippen molar-refractivity contribution in [3.05, 3.63) is 42.4 Å². The largest absolute Gasteiger partial charge is 0.475 e. The Morgan fingerprint density at radius 2 is 2.08 bits per heavy atom. The van der Waals surface area contributed by atoms with Crippen molar-refractivity contribution in [3.63, 3.8) is 0 Å². The zero-order valence-electron chi connectivity index (χ0n) is 23.4. The molecule has 1 aliphatic heterocycles. The molecule has 3 N–H and O–H groups in total. The maximum Gasteiger partial charge on any atom is 0.256 e. The van der Waals surface area contributed by atoms with E-state index < -0.39 is 0 Å². The number of aromatic amines is 1. The van der Waals surface area contributed by atoms with Gasteiger partial charge in [-0.3, -0.25) is 14.4 Å². The number of amides is 1. The number of hydrogen-bond acceptors (Lipinski definition) is 8. The summed E-state index contributed by atoms with van der Waals surface area (Å²) in [4.78, 5) is 30.5. The van der Waals surface area contributed by atoms with Crippen molar-refractivity contribution in [2.45, 2.75) is 39.8 Å². The number of nitrogens with one attached hydrogen (secondary N) is 3. The van der Waals surface area contributed by atoms with Crippen LogP contribution in [0.4, 0.5) is 17.3 Å². The second-order valence-electron chi connectivity index (χ2n) is 10.2. The number of benzene rings is 1. The highest BCUT2D eigenvalue weighted by Gasteiger charge is 2.28. The molecule has 0 bridgehead atoms. The van der Waals surface area contributed by atoms with Crippen molar-refractivity contribution in [1.82, 2.24) is 34.5 Å². The molecule has 1 saturated heterocycles. The lowest BCUT2D eigenvalue weighted by molar-refractivity contribution is -0.121. The number of nitrogens with zero attached hydrogens (tertiary/aromatic N) is 6. The summed E-state index contributed by atoms with van der Waals surface area (Å²) in [6.07, 6.45) is 5.56. The van der Waals surface area contributed by atoms with Crippen LogP contribution in [-0.2, 0) is 11.8 Å². The summed E-state index contributed by atoms with van der Waals surface area (Å²) in [5.74, 6) is 0.929. The molecule has 4 heterocycles. The molecule has 4 aromatic rings. The number of H-pyrrole nitrogens is 1. The van der Waals surface area contributed by atoms with Gasteiger partial charge >= 0.3 is 0 Å². The first-order chi connectivity index (χ1) is 18.7. The highest BCUT2D eigenvalue weighted by atomic mass is 16.5. The van der Waals surface area contributed by atoms with E-state index in [9.17, 15) is 4.79 Å². The first-order valence-electron chi connectivity index (χ1n) is 13.4. The van der Waals surface area contributed by atoms with Gasteiger partial charge in [-0.1, -0.05) is 12.1 Å². The van der Waals surface area contributed by atoms with Crippen molar-refractivity contribution >= 4 is 34.1 Å². The van der Waals surface area contributed by atoms with Crippen LogP contribution in [0.1, 0.15) is 26.3 Å². The van der Waals surface area contributed by atoms with E-state index >= 15 is 0 Å². The molecule has 0 saturated carbocycles. The summed E-state index contributed by atoms with van der Waals surface area (Å²) in [5.41, 5.74) is 4.97. The van der Waals surface area contributed by atoms with Gasteiger partial charge in [0.05, 0.1) is 35.7 Å². The molecule has 0 radical (unpaired) electrons. The van der Waals surface area contributed by atoms with E-state index in [0.717, 1.165) is 53.0 Å². The van der Waals surface area contributed by atoms with Crippen molar-refractivity contribution < 1.29 is 9.53 Å². The van der Waals surface area contributed by atoms with Crippen LogP contribution >= 0.6 is 0 Å². The average molecular weight is 532 g/mol. The average Bonchev–Trinajstić information content (AvgIpc) is 3.50. The number of anilines is 3. The summed E-state index contributed by atoms with van der Waals surface area (Å²) in [5, 5.41) is 11.7. The third-order valence-electron chi connectivity index (χ3n) is 7.44. The van der Waals surface area contributed by atoms with Crippen molar-refractivity contribution in [2.75, 3.05) is 43.9 Å². The number of hydrogen-bond donors (Lipinski definition) is 3. The van der Waals surface area contributed by atoms with Crippen LogP contribution in [0.2, 0.25) is 0 Å². The minimum absolute atomic E-state index is 0.0123. The smallest absolute Gasteiger partial charge is 0.256 e. The van der Waals surface area contributed by atoms with E-state index in [1.165, 1.54) is 0 Å². The van der Waals surface area contributed by atoms with Gasteiger partial charge in [0.2, 0.25) is 11.9 Å².